The van der Waals surface area contributed by atoms with Crippen molar-refractivity contribution < 1.29 is 9.53 Å². The van der Waals surface area contributed by atoms with Crippen molar-refractivity contribution in [3.63, 3.8) is 0 Å². The van der Waals surface area contributed by atoms with Crippen LogP contribution in [0.3, 0.4) is 0 Å². The van der Waals surface area contributed by atoms with Crippen LogP contribution in [-0.2, 0) is 4.74 Å². The molecule has 0 unspecified atom stereocenters. The summed E-state index contributed by atoms with van der Waals surface area (Å²) >= 11 is 0. The lowest BCUT2D eigenvalue weighted by Crippen LogP contribution is -2.10. The fraction of sp³-hybridized carbons (Fsp3) is 0.143. The van der Waals surface area contributed by atoms with E-state index in [-0.39, 0.29) is 0 Å². The number of anilines is 1. The van der Waals surface area contributed by atoms with Gasteiger partial charge in [0, 0.05) is 11.8 Å². The summed E-state index contributed by atoms with van der Waals surface area (Å²) in [5.74, 6) is -0.420. The predicted octanol–water partition coefficient (Wildman–Crippen LogP) is 2.51. The second-order valence-electron chi connectivity index (χ2n) is 3.74. The van der Waals surface area contributed by atoms with Gasteiger partial charge in [0.25, 0.3) is 0 Å². The van der Waals surface area contributed by atoms with Crippen molar-refractivity contribution in [1.29, 1.82) is 0 Å². The third kappa shape index (κ3) is 2.32. The number of esters is 1. The van der Waals surface area contributed by atoms with Crippen LogP contribution in [0.25, 0.3) is 11.1 Å². The van der Waals surface area contributed by atoms with Crippen molar-refractivity contribution in [2.75, 3.05) is 12.3 Å². The van der Waals surface area contributed by atoms with E-state index in [9.17, 15) is 4.79 Å². The number of carbonyl (C=O) groups excluding carboxylic acids is 1. The molecule has 2 aromatic rings. The molecular formula is C14H14N2O2. The first kappa shape index (κ1) is 12.1. The maximum absolute atomic E-state index is 11.9. The van der Waals surface area contributed by atoms with Crippen LogP contribution in [0.1, 0.15) is 17.3 Å². The van der Waals surface area contributed by atoms with Gasteiger partial charge in [-0.25, -0.2) is 4.79 Å². The first-order valence-electron chi connectivity index (χ1n) is 5.70. The van der Waals surface area contributed by atoms with Crippen LogP contribution in [0.4, 0.5) is 5.69 Å². The number of aromatic nitrogens is 1. The molecule has 18 heavy (non-hydrogen) atoms. The van der Waals surface area contributed by atoms with Gasteiger partial charge < -0.3 is 10.5 Å². The van der Waals surface area contributed by atoms with E-state index in [4.69, 9.17) is 10.5 Å². The van der Waals surface area contributed by atoms with E-state index in [1.165, 1.54) is 6.20 Å². The van der Waals surface area contributed by atoms with E-state index < -0.39 is 5.97 Å². The monoisotopic (exact) mass is 242 g/mol. The molecule has 0 fully saturated rings. The molecule has 0 aliphatic heterocycles. The van der Waals surface area contributed by atoms with Gasteiger partial charge in [-0.05, 0) is 12.5 Å². The van der Waals surface area contributed by atoms with Crippen molar-refractivity contribution in [2.45, 2.75) is 6.92 Å². The quantitative estimate of drug-likeness (QED) is 0.840. The summed E-state index contributed by atoms with van der Waals surface area (Å²) in [7, 11) is 0. The van der Waals surface area contributed by atoms with Gasteiger partial charge in [0.05, 0.1) is 24.1 Å². The molecule has 4 nitrogen and oxygen atoms in total. The van der Waals surface area contributed by atoms with Crippen molar-refractivity contribution in [2.24, 2.45) is 0 Å². The average Bonchev–Trinajstić information content (AvgIpc) is 2.39. The standard InChI is InChI=1S/C14H14N2O2/c1-2-18-14(17)13-11(8-16-9-12(13)15)10-6-4-3-5-7-10/h3-9H,2,15H2,1H3. The maximum atomic E-state index is 11.9. The molecule has 0 saturated heterocycles. The van der Waals surface area contributed by atoms with Crippen LogP contribution >= 0.6 is 0 Å². The number of benzene rings is 1. The average molecular weight is 242 g/mol. The Labute approximate surface area is 105 Å². The smallest absolute Gasteiger partial charge is 0.340 e. The zero-order valence-corrected chi connectivity index (χ0v) is 10.1. The van der Waals surface area contributed by atoms with Gasteiger partial charge in [0.1, 0.15) is 0 Å². The Hall–Kier alpha value is -2.36. The summed E-state index contributed by atoms with van der Waals surface area (Å²) in [6.07, 6.45) is 3.08. The third-order valence-corrected chi connectivity index (χ3v) is 2.54. The summed E-state index contributed by atoms with van der Waals surface area (Å²) in [5.41, 5.74) is 8.11. The van der Waals surface area contributed by atoms with Crippen molar-refractivity contribution >= 4 is 11.7 Å². The molecule has 1 aromatic carbocycles. The van der Waals surface area contributed by atoms with Crippen LogP contribution in [-0.4, -0.2) is 17.6 Å². The number of hydrogen-bond acceptors (Lipinski definition) is 4. The minimum atomic E-state index is -0.420. The second kappa shape index (κ2) is 5.31. The Balaban J connectivity index is 2.55. The summed E-state index contributed by atoms with van der Waals surface area (Å²) in [5, 5.41) is 0. The Kier molecular flexibility index (Phi) is 3.57. The van der Waals surface area contributed by atoms with Gasteiger partial charge in [0.2, 0.25) is 0 Å². The molecule has 0 aliphatic carbocycles. The van der Waals surface area contributed by atoms with Crippen molar-refractivity contribution in [3.8, 4) is 11.1 Å². The SMILES string of the molecule is CCOC(=O)c1c(N)cncc1-c1ccccc1. The van der Waals surface area contributed by atoms with Crippen LogP contribution in [0.2, 0.25) is 0 Å². The lowest BCUT2D eigenvalue weighted by Gasteiger charge is -2.10. The number of carbonyl (C=O) groups is 1. The van der Waals surface area contributed by atoms with Crippen LogP contribution in [0.5, 0.6) is 0 Å². The summed E-state index contributed by atoms with van der Waals surface area (Å²) in [6, 6.07) is 9.51. The summed E-state index contributed by atoms with van der Waals surface area (Å²) in [4.78, 5) is 16.0. The molecular weight excluding hydrogens is 228 g/mol. The molecule has 4 heteroatoms. The zero-order chi connectivity index (χ0) is 13.0. The van der Waals surface area contributed by atoms with Gasteiger partial charge in [0.15, 0.2) is 0 Å². The Morgan fingerprint density at radius 3 is 2.67 bits per heavy atom. The number of pyridine rings is 1. The molecule has 0 radical (unpaired) electrons. The normalized spacial score (nSPS) is 10.1. The maximum Gasteiger partial charge on any atom is 0.340 e. The Morgan fingerprint density at radius 2 is 2.00 bits per heavy atom. The topological polar surface area (TPSA) is 65.2 Å². The molecule has 0 amide bonds. The van der Waals surface area contributed by atoms with Gasteiger partial charge in [-0.3, -0.25) is 4.98 Å². The molecule has 1 aromatic heterocycles. The number of rotatable bonds is 3. The van der Waals surface area contributed by atoms with Crippen LogP contribution in [0.15, 0.2) is 42.7 Å². The lowest BCUT2D eigenvalue weighted by atomic mass is 10.0. The predicted molar refractivity (Wildman–Crippen MR) is 70.0 cm³/mol. The van der Waals surface area contributed by atoms with Gasteiger partial charge in [-0.15, -0.1) is 0 Å². The molecule has 0 saturated carbocycles. The van der Waals surface area contributed by atoms with Gasteiger partial charge in [-0.2, -0.15) is 0 Å². The molecule has 0 atom stereocenters. The molecule has 0 spiro atoms. The highest BCUT2D eigenvalue weighted by Crippen LogP contribution is 2.27. The van der Waals surface area contributed by atoms with E-state index >= 15 is 0 Å². The van der Waals surface area contributed by atoms with Crippen molar-refractivity contribution in [1.82, 2.24) is 4.98 Å². The largest absolute Gasteiger partial charge is 0.462 e. The fourth-order valence-electron chi connectivity index (χ4n) is 1.74. The van der Waals surface area contributed by atoms with Crippen molar-refractivity contribution in [3.05, 3.63) is 48.3 Å². The van der Waals surface area contributed by atoms with E-state index in [1.807, 2.05) is 30.3 Å². The second-order valence-corrected chi connectivity index (χ2v) is 3.74. The fourth-order valence-corrected chi connectivity index (χ4v) is 1.74. The first-order chi connectivity index (χ1) is 8.74. The summed E-state index contributed by atoms with van der Waals surface area (Å²) in [6.45, 7) is 2.08. The zero-order valence-electron chi connectivity index (χ0n) is 10.1. The van der Waals surface area contributed by atoms with Crippen LogP contribution < -0.4 is 5.73 Å². The first-order valence-corrected chi connectivity index (χ1v) is 5.70. The van der Waals surface area contributed by atoms with E-state index in [0.717, 1.165) is 5.56 Å². The minimum Gasteiger partial charge on any atom is -0.462 e. The highest BCUT2D eigenvalue weighted by Gasteiger charge is 2.17. The Bertz CT molecular complexity index is 553. The third-order valence-electron chi connectivity index (χ3n) is 2.54. The van der Waals surface area contributed by atoms with E-state index in [0.29, 0.717) is 23.4 Å². The van der Waals surface area contributed by atoms with Crippen LogP contribution in [0, 0.1) is 0 Å². The van der Waals surface area contributed by atoms with E-state index in [2.05, 4.69) is 4.98 Å². The number of nitrogen functional groups attached to an aromatic ring is 1. The lowest BCUT2D eigenvalue weighted by molar-refractivity contribution is 0.0528. The molecule has 0 bridgehead atoms. The van der Waals surface area contributed by atoms with E-state index in [1.54, 1.807) is 13.1 Å². The highest BCUT2D eigenvalue weighted by atomic mass is 16.5. The molecule has 1 heterocycles. The van der Waals surface area contributed by atoms with Gasteiger partial charge in [-0.1, -0.05) is 30.3 Å². The molecule has 2 N–H and O–H groups in total. The Morgan fingerprint density at radius 1 is 1.28 bits per heavy atom. The highest BCUT2D eigenvalue weighted by molar-refractivity contribution is 6.01. The van der Waals surface area contributed by atoms with Gasteiger partial charge >= 0.3 is 5.97 Å². The number of hydrogen-bond donors (Lipinski definition) is 1. The molecule has 0 aliphatic rings. The minimum absolute atomic E-state index is 0.314. The number of nitrogens with two attached hydrogens (primary N) is 1. The molecule has 92 valence electrons. The number of ether oxygens (including phenoxy) is 1. The summed E-state index contributed by atoms with van der Waals surface area (Å²) < 4.78 is 5.02. The number of nitrogens with zero attached hydrogens (tertiary/aromatic N) is 1. The molecule has 2 rings (SSSR count).